The summed E-state index contributed by atoms with van der Waals surface area (Å²) >= 11 is 0. The number of halogens is 1. The van der Waals surface area contributed by atoms with Crippen molar-refractivity contribution >= 4 is 0 Å². The van der Waals surface area contributed by atoms with Gasteiger partial charge in [0.05, 0.1) is 6.61 Å². The van der Waals surface area contributed by atoms with E-state index in [1.54, 1.807) is 19.2 Å². The Labute approximate surface area is 108 Å². The molecule has 0 spiro atoms. The quantitative estimate of drug-likeness (QED) is 0.724. The zero-order valence-electron chi connectivity index (χ0n) is 11.3. The third-order valence-electron chi connectivity index (χ3n) is 2.69. The highest BCUT2D eigenvalue weighted by molar-refractivity contribution is 5.37. The van der Waals surface area contributed by atoms with Crippen molar-refractivity contribution in [2.24, 2.45) is 0 Å². The predicted molar refractivity (Wildman–Crippen MR) is 70.5 cm³/mol. The fourth-order valence-electron chi connectivity index (χ4n) is 1.76. The van der Waals surface area contributed by atoms with Crippen LogP contribution in [-0.2, 0) is 4.74 Å². The standard InChI is InChI=1S/C14H22FNO2/c1-4-8-16-11(2)14-12(15)6-5-7-13(14)18-10-9-17-3/h5-7,11,16H,4,8-10H2,1-3H3. The minimum absolute atomic E-state index is 0.0660. The van der Waals surface area contributed by atoms with E-state index in [2.05, 4.69) is 12.2 Å². The molecular weight excluding hydrogens is 233 g/mol. The van der Waals surface area contributed by atoms with Crippen LogP contribution in [0.5, 0.6) is 5.75 Å². The highest BCUT2D eigenvalue weighted by Gasteiger charge is 2.16. The third kappa shape index (κ3) is 4.27. The van der Waals surface area contributed by atoms with Gasteiger partial charge in [-0.1, -0.05) is 13.0 Å². The van der Waals surface area contributed by atoms with Crippen LogP contribution in [0.15, 0.2) is 18.2 Å². The molecule has 3 nitrogen and oxygen atoms in total. The van der Waals surface area contributed by atoms with Gasteiger partial charge in [0.15, 0.2) is 0 Å². The average Bonchev–Trinajstić information content (AvgIpc) is 2.36. The molecule has 0 aromatic heterocycles. The molecule has 0 radical (unpaired) electrons. The Bertz CT molecular complexity index is 358. The van der Waals surface area contributed by atoms with Gasteiger partial charge in [0.25, 0.3) is 0 Å². The third-order valence-corrected chi connectivity index (χ3v) is 2.69. The number of ether oxygens (including phenoxy) is 2. The van der Waals surface area contributed by atoms with Crippen LogP contribution in [0.4, 0.5) is 4.39 Å². The summed E-state index contributed by atoms with van der Waals surface area (Å²) in [6.07, 6.45) is 1.01. The number of hydrogen-bond donors (Lipinski definition) is 1. The first-order valence-corrected chi connectivity index (χ1v) is 6.34. The van der Waals surface area contributed by atoms with Gasteiger partial charge in [-0.2, -0.15) is 0 Å². The first kappa shape index (κ1) is 14.9. The van der Waals surface area contributed by atoms with Gasteiger partial charge in [0.1, 0.15) is 18.2 Å². The van der Waals surface area contributed by atoms with Crippen molar-refractivity contribution in [3.63, 3.8) is 0 Å². The van der Waals surface area contributed by atoms with Crippen LogP contribution < -0.4 is 10.1 Å². The summed E-state index contributed by atoms with van der Waals surface area (Å²) in [5.74, 6) is 0.351. The van der Waals surface area contributed by atoms with Crippen LogP contribution in [-0.4, -0.2) is 26.9 Å². The van der Waals surface area contributed by atoms with E-state index in [4.69, 9.17) is 9.47 Å². The maximum atomic E-state index is 13.9. The Hall–Kier alpha value is -1.13. The molecule has 0 aliphatic carbocycles. The van der Waals surface area contributed by atoms with E-state index in [0.29, 0.717) is 24.5 Å². The topological polar surface area (TPSA) is 30.5 Å². The van der Waals surface area contributed by atoms with Crippen molar-refractivity contribution in [1.82, 2.24) is 5.32 Å². The second kappa shape index (κ2) is 8.06. The molecule has 18 heavy (non-hydrogen) atoms. The van der Waals surface area contributed by atoms with E-state index in [0.717, 1.165) is 13.0 Å². The molecule has 0 bridgehead atoms. The smallest absolute Gasteiger partial charge is 0.131 e. The fourth-order valence-corrected chi connectivity index (χ4v) is 1.76. The molecule has 1 N–H and O–H groups in total. The normalized spacial score (nSPS) is 12.4. The Morgan fingerprint density at radius 2 is 2.11 bits per heavy atom. The number of nitrogens with one attached hydrogen (secondary N) is 1. The summed E-state index contributed by atoms with van der Waals surface area (Å²) < 4.78 is 24.4. The SMILES string of the molecule is CCCNC(C)c1c(F)cccc1OCCOC. The Kier molecular flexibility index (Phi) is 6.68. The lowest BCUT2D eigenvalue weighted by molar-refractivity contribution is 0.145. The second-order valence-corrected chi connectivity index (χ2v) is 4.17. The molecule has 0 aliphatic rings. The van der Waals surface area contributed by atoms with Crippen LogP contribution in [0.2, 0.25) is 0 Å². The lowest BCUT2D eigenvalue weighted by atomic mass is 10.1. The van der Waals surface area contributed by atoms with Crippen LogP contribution >= 0.6 is 0 Å². The van der Waals surface area contributed by atoms with Gasteiger partial charge >= 0.3 is 0 Å². The molecule has 1 aromatic carbocycles. The first-order valence-electron chi connectivity index (χ1n) is 6.34. The zero-order chi connectivity index (χ0) is 13.4. The van der Waals surface area contributed by atoms with Gasteiger partial charge in [-0.3, -0.25) is 0 Å². The highest BCUT2D eigenvalue weighted by atomic mass is 19.1. The maximum absolute atomic E-state index is 13.9. The summed E-state index contributed by atoms with van der Waals surface area (Å²) in [6, 6.07) is 4.85. The van der Waals surface area contributed by atoms with Crippen LogP contribution in [0.25, 0.3) is 0 Å². The first-order chi connectivity index (χ1) is 8.70. The fraction of sp³-hybridized carbons (Fsp3) is 0.571. The van der Waals surface area contributed by atoms with E-state index < -0.39 is 0 Å². The van der Waals surface area contributed by atoms with Crippen LogP contribution in [0.1, 0.15) is 31.9 Å². The molecule has 0 saturated heterocycles. The van der Waals surface area contributed by atoms with E-state index in [1.165, 1.54) is 6.07 Å². The second-order valence-electron chi connectivity index (χ2n) is 4.17. The van der Waals surface area contributed by atoms with Crippen molar-refractivity contribution in [2.75, 3.05) is 26.9 Å². The molecule has 0 amide bonds. The van der Waals surface area contributed by atoms with Crippen molar-refractivity contribution in [3.8, 4) is 5.75 Å². The largest absolute Gasteiger partial charge is 0.491 e. The lowest BCUT2D eigenvalue weighted by Crippen LogP contribution is -2.21. The summed E-state index contributed by atoms with van der Waals surface area (Å²) in [5, 5.41) is 3.27. The zero-order valence-corrected chi connectivity index (χ0v) is 11.3. The molecule has 4 heteroatoms. The Morgan fingerprint density at radius 3 is 2.78 bits per heavy atom. The number of methoxy groups -OCH3 is 1. The summed E-state index contributed by atoms with van der Waals surface area (Å²) in [4.78, 5) is 0. The minimum Gasteiger partial charge on any atom is -0.491 e. The summed E-state index contributed by atoms with van der Waals surface area (Å²) in [6.45, 7) is 5.79. The molecule has 102 valence electrons. The van der Waals surface area contributed by atoms with E-state index >= 15 is 0 Å². The summed E-state index contributed by atoms with van der Waals surface area (Å²) in [5.41, 5.74) is 0.585. The Morgan fingerprint density at radius 1 is 1.33 bits per heavy atom. The van der Waals surface area contributed by atoms with Gasteiger partial charge in [-0.05, 0) is 32.0 Å². The van der Waals surface area contributed by atoms with Gasteiger partial charge in [0.2, 0.25) is 0 Å². The van der Waals surface area contributed by atoms with E-state index in [1.807, 2.05) is 6.92 Å². The molecule has 1 rings (SSSR count). The van der Waals surface area contributed by atoms with Crippen LogP contribution in [0.3, 0.4) is 0 Å². The van der Waals surface area contributed by atoms with E-state index in [9.17, 15) is 4.39 Å². The number of hydrogen-bond acceptors (Lipinski definition) is 3. The van der Waals surface area contributed by atoms with Gasteiger partial charge in [0, 0.05) is 18.7 Å². The minimum atomic E-state index is -0.235. The van der Waals surface area contributed by atoms with Crippen molar-refractivity contribution in [3.05, 3.63) is 29.6 Å². The molecule has 1 unspecified atom stereocenters. The molecule has 0 saturated carbocycles. The molecule has 0 aliphatic heterocycles. The van der Waals surface area contributed by atoms with Crippen LogP contribution in [0, 0.1) is 5.82 Å². The van der Waals surface area contributed by atoms with Gasteiger partial charge < -0.3 is 14.8 Å². The van der Waals surface area contributed by atoms with Crippen molar-refractivity contribution in [2.45, 2.75) is 26.3 Å². The average molecular weight is 255 g/mol. The van der Waals surface area contributed by atoms with Crippen molar-refractivity contribution < 1.29 is 13.9 Å². The monoisotopic (exact) mass is 255 g/mol. The van der Waals surface area contributed by atoms with E-state index in [-0.39, 0.29) is 11.9 Å². The number of rotatable bonds is 8. The predicted octanol–water partition coefficient (Wildman–Crippen LogP) is 2.91. The highest BCUT2D eigenvalue weighted by Crippen LogP contribution is 2.27. The molecule has 0 fully saturated rings. The lowest BCUT2D eigenvalue weighted by Gasteiger charge is -2.18. The van der Waals surface area contributed by atoms with Gasteiger partial charge in [-0.15, -0.1) is 0 Å². The number of benzene rings is 1. The molecule has 1 atom stereocenters. The molecular formula is C14H22FNO2. The summed E-state index contributed by atoms with van der Waals surface area (Å²) in [7, 11) is 1.61. The van der Waals surface area contributed by atoms with Crippen molar-refractivity contribution in [1.29, 1.82) is 0 Å². The molecule has 0 heterocycles. The Balaban J connectivity index is 2.79. The molecule has 1 aromatic rings. The maximum Gasteiger partial charge on any atom is 0.131 e. The van der Waals surface area contributed by atoms with Gasteiger partial charge in [-0.25, -0.2) is 4.39 Å².